The third-order valence-corrected chi connectivity index (χ3v) is 2.69. The normalized spacial score (nSPS) is 13.6. The van der Waals surface area contributed by atoms with Crippen LogP contribution in [0.25, 0.3) is 0 Å². The molecule has 0 heterocycles. The van der Waals surface area contributed by atoms with Gasteiger partial charge in [-0.2, -0.15) is 8.42 Å². The molecule has 0 aromatic rings. The van der Waals surface area contributed by atoms with Crippen LogP contribution >= 0.6 is 0 Å². The van der Waals surface area contributed by atoms with Crippen molar-refractivity contribution in [2.45, 2.75) is 77.4 Å². The fourth-order valence-corrected chi connectivity index (χ4v) is 1.49. The van der Waals surface area contributed by atoms with E-state index in [0.29, 0.717) is 6.26 Å². The maximum atomic E-state index is 9.66. The molecular formula is C13H31NO4S. The molecule has 0 aliphatic carbocycles. The van der Waals surface area contributed by atoms with Crippen molar-refractivity contribution in [3.8, 4) is 0 Å². The van der Waals surface area contributed by atoms with Gasteiger partial charge in [0.05, 0.1) is 12.4 Å². The van der Waals surface area contributed by atoms with E-state index in [1.165, 1.54) is 32.1 Å². The molecule has 0 aromatic heterocycles. The van der Waals surface area contributed by atoms with Crippen LogP contribution in [0.2, 0.25) is 0 Å². The molecule has 118 valence electrons. The molecule has 6 heteroatoms. The number of aliphatic hydroxyl groups excluding tert-OH is 1. The van der Waals surface area contributed by atoms with Gasteiger partial charge in [-0.15, -0.1) is 0 Å². The van der Waals surface area contributed by atoms with Crippen LogP contribution in [0.3, 0.4) is 0 Å². The molecule has 0 fully saturated rings. The Bertz CT molecular complexity index is 288. The first-order valence-electron chi connectivity index (χ1n) is 6.88. The number of aliphatic hydroxyl groups is 1. The van der Waals surface area contributed by atoms with E-state index >= 15 is 0 Å². The smallest absolute Gasteiger partial charge is 0.261 e. The van der Waals surface area contributed by atoms with Crippen LogP contribution in [0.15, 0.2) is 0 Å². The lowest BCUT2D eigenvalue weighted by molar-refractivity contribution is 0.0925. The molecule has 0 spiro atoms. The summed E-state index contributed by atoms with van der Waals surface area (Å²) < 4.78 is 25.9. The van der Waals surface area contributed by atoms with Gasteiger partial charge >= 0.3 is 0 Å². The first kappa shape index (κ1) is 21.1. The quantitative estimate of drug-likeness (QED) is 0.471. The predicted octanol–water partition coefficient (Wildman–Crippen LogP) is 2.34. The van der Waals surface area contributed by atoms with Crippen molar-refractivity contribution in [1.82, 2.24) is 0 Å². The molecule has 1 unspecified atom stereocenters. The molecule has 1 atom stereocenters. The number of rotatable bonds is 8. The Morgan fingerprint density at radius 2 is 1.47 bits per heavy atom. The van der Waals surface area contributed by atoms with Crippen LogP contribution in [0.4, 0.5) is 0 Å². The summed E-state index contributed by atoms with van der Waals surface area (Å²) in [5, 5.41) is 9.66. The highest BCUT2D eigenvalue weighted by atomic mass is 32.2. The Kier molecular flexibility index (Phi) is 11.8. The van der Waals surface area contributed by atoms with E-state index in [0.717, 1.165) is 12.8 Å². The van der Waals surface area contributed by atoms with Crippen molar-refractivity contribution in [3.05, 3.63) is 0 Å². The van der Waals surface area contributed by atoms with E-state index < -0.39 is 15.7 Å². The largest absolute Gasteiger partial charge is 0.391 e. The van der Waals surface area contributed by atoms with Crippen molar-refractivity contribution in [1.29, 1.82) is 0 Å². The zero-order chi connectivity index (χ0) is 15.5. The average Bonchev–Trinajstić information content (AvgIpc) is 2.19. The fraction of sp³-hybridized carbons (Fsp3) is 1.00. The topological polar surface area (TPSA) is 101 Å². The summed E-state index contributed by atoms with van der Waals surface area (Å²) in [6.45, 7) is 5.99. The van der Waals surface area contributed by atoms with Crippen LogP contribution in [-0.2, 0) is 10.1 Å². The average molecular weight is 297 g/mol. The maximum absolute atomic E-state index is 9.66. The van der Waals surface area contributed by atoms with Gasteiger partial charge in [-0.05, 0) is 20.3 Å². The number of nitrogens with two attached hydrogens (primary N) is 1. The monoisotopic (exact) mass is 297 g/mol. The van der Waals surface area contributed by atoms with Crippen LogP contribution in [0.1, 0.15) is 65.7 Å². The molecule has 19 heavy (non-hydrogen) atoms. The molecular weight excluding hydrogens is 266 g/mol. The minimum absolute atomic E-state index is 0.353. The van der Waals surface area contributed by atoms with Crippen LogP contribution in [0, 0.1) is 0 Å². The molecule has 0 rings (SSSR count). The summed E-state index contributed by atoms with van der Waals surface area (Å²) in [7, 11) is -3.67. The lowest BCUT2D eigenvalue weighted by atomic mass is 9.94. The Balaban J connectivity index is 0. The van der Waals surface area contributed by atoms with Gasteiger partial charge < -0.3 is 10.8 Å². The van der Waals surface area contributed by atoms with Gasteiger partial charge in [-0.1, -0.05) is 45.4 Å². The number of hydrogen-bond donors (Lipinski definition) is 3. The first-order chi connectivity index (χ1) is 8.48. The maximum Gasteiger partial charge on any atom is 0.261 e. The number of hydrogen-bond acceptors (Lipinski definition) is 4. The Labute approximate surface area is 118 Å². The molecule has 5 nitrogen and oxygen atoms in total. The molecule has 0 aromatic carbocycles. The first-order valence-corrected chi connectivity index (χ1v) is 8.72. The van der Waals surface area contributed by atoms with Gasteiger partial charge in [0.1, 0.15) is 0 Å². The van der Waals surface area contributed by atoms with Gasteiger partial charge in [0.15, 0.2) is 0 Å². The minimum Gasteiger partial charge on any atom is -0.391 e. The van der Waals surface area contributed by atoms with Gasteiger partial charge in [-0.25, -0.2) is 0 Å². The van der Waals surface area contributed by atoms with Crippen molar-refractivity contribution in [3.63, 3.8) is 0 Å². The van der Waals surface area contributed by atoms with E-state index in [9.17, 15) is 13.5 Å². The standard InChI is InChI=1S/C12H27NO.CH4O3S/c1-4-5-6-7-8-9-10-11(14)12(2,3)13;1-5(2,3)4/h11,14H,4-10,13H2,1-3H3;1H3,(H,2,3,4). The summed E-state index contributed by atoms with van der Waals surface area (Å²) in [5.74, 6) is 0. The van der Waals surface area contributed by atoms with Crippen LogP contribution in [-0.4, -0.2) is 36.0 Å². The van der Waals surface area contributed by atoms with Crippen molar-refractivity contribution < 1.29 is 18.1 Å². The Morgan fingerprint density at radius 1 is 1.11 bits per heavy atom. The zero-order valence-electron chi connectivity index (χ0n) is 12.7. The Hall–Kier alpha value is -0.170. The zero-order valence-corrected chi connectivity index (χ0v) is 13.5. The molecule has 0 saturated heterocycles. The lowest BCUT2D eigenvalue weighted by Crippen LogP contribution is -2.44. The van der Waals surface area contributed by atoms with Crippen LogP contribution in [0.5, 0.6) is 0 Å². The molecule has 0 saturated carbocycles. The van der Waals surface area contributed by atoms with Crippen molar-refractivity contribution in [2.24, 2.45) is 5.73 Å². The molecule has 0 bridgehead atoms. The van der Waals surface area contributed by atoms with Crippen molar-refractivity contribution in [2.75, 3.05) is 6.26 Å². The Morgan fingerprint density at radius 3 is 1.84 bits per heavy atom. The fourth-order valence-electron chi connectivity index (χ4n) is 1.49. The number of unbranched alkanes of at least 4 members (excludes halogenated alkanes) is 5. The minimum atomic E-state index is -3.67. The summed E-state index contributed by atoms with van der Waals surface area (Å²) in [6, 6.07) is 0. The highest BCUT2D eigenvalue weighted by molar-refractivity contribution is 7.85. The van der Waals surface area contributed by atoms with Crippen molar-refractivity contribution >= 4 is 10.1 Å². The van der Waals surface area contributed by atoms with Gasteiger partial charge in [0, 0.05) is 5.54 Å². The van der Waals surface area contributed by atoms with Crippen LogP contribution < -0.4 is 5.73 Å². The second-order valence-corrected chi connectivity index (χ2v) is 7.09. The van der Waals surface area contributed by atoms with E-state index in [4.69, 9.17) is 10.3 Å². The summed E-state index contributed by atoms with van der Waals surface area (Å²) >= 11 is 0. The van der Waals surface area contributed by atoms with E-state index in [2.05, 4.69) is 6.92 Å². The third-order valence-electron chi connectivity index (χ3n) is 2.69. The molecule has 0 aliphatic rings. The molecule has 0 aliphatic heterocycles. The lowest BCUT2D eigenvalue weighted by Gasteiger charge is -2.25. The SMILES string of the molecule is CCCCCCCCC(O)C(C)(C)N.CS(=O)(=O)O. The van der Waals surface area contributed by atoms with Gasteiger partial charge in [0.25, 0.3) is 10.1 Å². The van der Waals surface area contributed by atoms with Gasteiger partial charge in [-0.3, -0.25) is 4.55 Å². The predicted molar refractivity (Wildman–Crippen MR) is 79.7 cm³/mol. The third kappa shape index (κ3) is 23.4. The summed E-state index contributed by atoms with van der Waals surface area (Å²) in [5.41, 5.74) is 5.35. The summed E-state index contributed by atoms with van der Waals surface area (Å²) in [6.07, 6.45) is 8.79. The van der Waals surface area contributed by atoms with E-state index in [1.54, 1.807) is 0 Å². The van der Waals surface area contributed by atoms with E-state index in [1.807, 2.05) is 13.8 Å². The molecule has 4 N–H and O–H groups in total. The highest BCUT2D eigenvalue weighted by Crippen LogP contribution is 2.14. The highest BCUT2D eigenvalue weighted by Gasteiger charge is 2.21. The van der Waals surface area contributed by atoms with Gasteiger partial charge in [0.2, 0.25) is 0 Å². The second-order valence-electron chi connectivity index (χ2n) is 5.63. The molecule has 0 amide bonds. The molecule has 0 radical (unpaired) electrons. The second kappa shape index (κ2) is 10.6. The summed E-state index contributed by atoms with van der Waals surface area (Å²) in [4.78, 5) is 0. The van der Waals surface area contributed by atoms with E-state index in [-0.39, 0.29) is 6.10 Å².